The summed E-state index contributed by atoms with van der Waals surface area (Å²) in [5.41, 5.74) is 6.17. The monoisotopic (exact) mass is 683 g/mol. The molecule has 0 bridgehead atoms. The molecule has 0 aliphatic heterocycles. The molecule has 0 fully saturated rings. The second-order valence-corrected chi connectivity index (χ2v) is 12.2. The van der Waals surface area contributed by atoms with Gasteiger partial charge in [0.1, 0.15) is 24.6 Å². The van der Waals surface area contributed by atoms with Crippen LogP contribution in [0, 0.1) is 0 Å². The Balaban J connectivity index is 0.987. The predicted molar refractivity (Wildman–Crippen MR) is 172 cm³/mol. The van der Waals surface area contributed by atoms with Crippen molar-refractivity contribution >= 4 is 54.7 Å². The van der Waals surface area contributed by atoms with Gasteiger partial charge in [-0.25, -0.2) is 0 Å². The molecule has 4 aromatic carbocycles. The third-order valence-electron chi connectivity index (χ3n) is 6.60. The van der Waals surface area contributed by atoms with Crippen molar-refractivity contribution in [1.82, 2.24) is 10.3 Å². The number of benzene rings is 4. The van der Waals surface area contributed by atoms with E-state index < -0.39 is 8.25 Å². The largest absolute Gasteiger partial charge is 0.698 e. The van der Waals surface area contributed by atoms with Gasteiger partial charge in [0, 0.05) is 39.0 Å². The summed E-state index contributed by atoms with van der Waals surface area (Å²) in [7, 11) is -2.33. The first kappa shape index (κ1) is 30.5. The highest BCUT2D eigenvalue weighted by Crippen LogP contribution is 2.33. The molecule has 0 amide bonds. The molecule has 7 nitrogen and oxygen atoms in total. The van der Waals surface area contributed by atoms with Crippen LogP contribution >= 0.6 is 54.7 Å². The Bertz CT molecular complexity index is 1800. The fourth-order valence-corrected chi connectivity index (χ4v) is 5.41. The number of hydrogen-bond donors (Lipinski definition) is 0. The van der Waals surface area contributed by atoms with Gasteiger partial charge in [0.15, 0.2) is 11.5 Å². The van der Waals surface area contributed by atoms with Crippen LogP contribution in [0.3, 0.4) is 0 Å². The Morgan fingerprint density at radius 2 is 0.909 bits per heavy atom. The average Bonchev–Trinajstić information content (AvgIpc) is 3.74. The van der Waals surface area contributed by atoms with E-state index in [-0.39, 0.29) is 13.2 Å². The van der Waals surface area contributed by atoms with Crippen molar-refractivity contribution in [3.63, 3.8) is 0 Å². The Morgan fingerprint density at radius 1 is 0.523 bits per heavy atom. The van der Waals surface area contributed by atoms with Gasteiger partial charge in [0.05, 0.1) is 20.1 Å². The van der Waals surface area contributed by atoms with Crippen LogP contribution in [0.25, 0.3) is 45.2 Å². The van der Waals surface area contributed by atoms with E-state index in [1.165, 1.54) is 0 Å². The molecule has 0 saturated heterocycles. The molecule has 12 heteroatoms. The van der Waals surface area contributed by atoms with E-state index in [1.807, 2.05) is 72.8 Å². The van der Waals surface area contributed by atoms with Crippen molar-refractivity contribution in [2.24, 2.45) is 0 Å². The van der Waals surface area contributed by atoms with E-state index in [9.17, 15) is 4.57 Å². The maximum atomic E-state index is 12.4. The van der Waals surface area contributed by atoms with E-state index in [0.717, 1.165) is 33.4 Å². The lowest BCUT2D eigenvalue weighted by atomic mass is 10.1. The van der Waals surface area contributed by atoms with Crippen molar-refractivity contribution in [2.45, 2.75) is 13.2 Å². The van der Waals surface area contributed by atoms with Crippen molar-refractivity contribution in [1.29, 1.82) is 0 Å². The maximum absolute atomic E-state index is 12.4. The van der Waals surface area contributed by atoms with Crippen LogP contribution in [0.1, 0.15) is 11.1 Å². The van der Waals surface area contributed by atoms with Crippen molar-refractivity contribution in [2.75, 3.05) is 0 Å². The summed E-state index contributed by atoms with van der Waals surface area (Å²) >= 11 is 24.2. The maximum Gasteiger partial charge on any atom is 0.698 e. The molecule has 0 radical (unpaired) electrons. The van der Waals surface area contributed by atoms with E-state index >= 15 is 0 Å². The third-order valence-corrected chi connectivity index (χ3v) is 8.76. The number of aromatic nitrogens is 2. The number of nitrogens with zero attached hydrogens (tertiary/aromatic N) is 2. The summed E-state index contributed by atoms with van der Waals surface area (Å²) in [6.45, 7) is 0.234. The van der Waals surface area contributed by atoms with Crippen LogP contribution in [0.15, 0.2) is 106 Å². The molecule has 44 heavy (non-hydrogen) atoms. The van der Waals surface area contributed by atoms with Gasteiger partial charge in [-0.15, -0.1) is 9.05 Å². The highest BCUT2D eigenvalue weighted by molar-refractivity contribution is 7.33. The Labute approximate surface area is 273 Å². The standard InChI is InChI=1S/C32H20Cl4N2O5P/c33-25-11-9-23(13-27(25)35)29-15-31(42-37-29)21-5-1-19(2-6-21)17-40-44(39)41-18-20-3-7-22(8-4-20)32-16-30(38-43-32)24-10-12-26(34)28(36)14-24/h1-16H,17-18H2/q+1. The molecule has 0 unspecified atom stereocenters. The van der Waals surface area contributed by atoms with E-state index in [1.54, 1.807) is 24.3 Å². The summed E-state index contributed by atoms with van der Waals surface area (Å²) in [6.07, 6.45) is 0. The number of halogens is 4. The predicted octanol–water partition coefficient (Wildman–Crippen LogP) is 11.3. The molecule has 220 valence electrons. The Kier molecular flexibility index (Phi) is 9.45. The fourth-order valence-electron chi connectivity index (χ4n) is 4.23. The summed E-state index contributed by atoms with van der Waals surface area (Å²) in [5.74, 6) is 1.18. The molecule has 6 aromatic rings. The lowest BCUT2D eigenvalue weighted by molar-refractivity contribution is 0.213. The molecular weight excluding hydrogens is 665 g/mol. The first-order valence-corrected chi connectivity index (χ1v) is 15.7. The zero-order chi connectivity index (χ0) is 30.6. The van der Waals surface area contributed by atoms with Crippen LogP contribution < -0.4 is 0 Å². The highest BCUT2D eigenvalue weighted by Gasteiger charge is 2.21. The zero-order valence-electron chi connectivity index (χ0n) is 22.5. The summed E-state index contributed by atoms with van der Waals surface area (Å²) in [4.78, 5) is 0. The molecular formula is C32H20Cl4N2O5P+. The van der Waals surface area contributed by atoms with Gasteiger partial charge in [0.2, 0.25) is 0 Å². The van der Waals surface area contributed by atoms with Crippen LogP contribution in [0.2, 0.25) is 20.1 Å². The van der Waals surface area contributed by atoms with Crippen LogP contribution in [0.5, 0.6) is 0 Å². The minimum Gasteiger partial charge on any atom is -0.356 e. The van der Waals surface area contributed by atoms with Crippen molar-refractivity contribution in [3.05, 3.63) is 128 Å². The summed E-state index contributed by atoms with van der Waals surface area (Å²) in [5, 5.41) is 10.1. The average molecular weight is 685 g/mol. The molecule has 6 rings (SSSR count). The van der Waals surface area contributed by atoms with Gasteiger partial charge in [0.25, 0.3) is 0 Å². The number of hydrogen-bond acceptors (Lipinski definition) is 7. The molecule has 0 aliphatic carbocycles. The Morgan fingerprint density at radius 3 is 1.30 bits per heavy atom. The first-order valence-electron chi connectivity index (χ1n) is 13.1. The van der Waals surface area contributed by atoms with Gasteiger partial charge in [-0.05, 0) is 35.4 Å². The highest BCUT2D eigenvalue weighted by atomic mass is 35.5. The second-order valence-electron chi connectivity index (χ2n) is 9.57. The fraction of sp³-hybridized carbons (Fsp3) is 0.0625. The van der Waals surface area contributed by atoms with Gasteiger partial charge in [-0.3, -0.25) is 0 Å². The minimum atomic E-state index is -2.33. The quantitative estimate of drug-likeness (QED) is 0.133. The van der Waals surface area contributed by atoms with Crippen LogP contribution in [-0.2, 0) is 26.8 Å². The van der Waals surface area contributed by atoms with Gasteiger partial charge >= 0.3 is 8.25 Å². The van der Waals surface area contributed by atoms with Gasteiger partial charge < -0.3 is 9.05 Å². The second kappa shape index (κ2) is 13.6. The third kappa shape index (κ3) is 7.23. The van der Waals surface area contributed by atoms with E-state index in [2.05, 4.69) is 10.3 Å². The topological polar surface area (TPSA) is 87.6 Å². The lowest BCUT2D eigenvalue weighted by Gasteiger charge is -2.00. The molecule has 0 saturated carbocycles. The molecule has 0 N–H and O–H groups in total. The Hall–Kier alpha value is -3.52. The van der Waals surface area contributed by atoms with Crippen LogP contribution in [0.4, 0.5) is 0 Å². The van der Waals surface area contributed by atoms with Crippen molar-refractivity contribution < 1.29 is 22.7 Å². The smallest absolute Gasteiger partial charge is 0.356 e. The molecule has 0 aliphatic rings. The van der Waals surface area contributed by atoms with E-state index in [4.69, 9.17) is 64.5 Å². The summed E-state index contributed by atoms with van der Waals surface area (Å²) < 4.78 is 34.2. The lowest BCUT2D eigenvalue weighted by Crippen LogP contribution is -1.90. The molecule has 0 atom stereocenters. The SMILES string of the molecule is O=[P+](OCc1ccc(-c2cc(-c3ccc(Cl)c(Cl)c3)no2)cc1)OCc1ccc(-c2cc(-c3ccc(Cl)c(Cl)c3)no2)cc1. The molecule has 0 spiro atoms. The van der Waals surface area contributed by atoms with Crippen LogP contribution in [-0.4, -0.2) is 10.3 Å². The van der Waals surface area contributed by atoms with Crippen molar-refractivity contribution in [3.8, 4) is 45.2 Å². The summed E-state index contributed by atoms with van der Waals surface area (Å²) in [6, 6.07) is 29.1. The van der Waals surface area contributed by atoms with E-state index in [0.29, 0.717) is 43.0 Å². The normalized spacial score (nSPS) is 11.2. The molecule has 2 heterocycles. The zero-order valence-corrected chi connectivity index (χ0v) is 26.5. The first-order chi connectivity index (χ1) is 21.3. The minimum absolute atomic E-state index is 0.117. The molecule has 2 aromatic heterocycles. The van der Waals surface area contributed by atoms with Gasteiger partial charge in [-0.1, -0.05) is 117 Å². The number of rotatable bonds is 10. The van der Waals surface area contributed by atoms with Gasteiger partial charge in [-0.2, -0.15) is 0 Å².